The fourth-order valence-electron chi connectivity index (χ4n) is 14.7. The van der Waals surface area contributed by atoms with E-state index in [1.165, 1.54) is 109 Å². The number of nitrogens with zero attached hydrogens (tertiary/aromatic N) is 2. The minimum atomic E-state index is -2.76. The molecule has 3 heteroatoms. The highest BCUT2D eigenvalue weighted by atomic mass is 28.3. The van der Waals surface area contributed by atoms with E-state index in [2.05, 4.69) is 240 Å². The number of anilines is 3. The number of rotatable bonds is 7. The van der Waals surface area contributed by atoms with Crippen molar-refractivity contribution >= 4 is 67.7 Å². The van der Waals surface area contributed by atoms with E-state index in [1.807, 2.05) is 0 Å². The first-order valence-corrected chi connectivity index (χ1v) is 26.6. The van der Waals surface area contributed by atoms with Gasteiger partial charge in [0.15, 0.2) is 8.07 Å². The molecular weight excluding hydrogens is 825 g/mol. The van der Waals surface area contributed by atoms with Gasteiger partial charge in [-0.3, -0.25) is 0 Å². The summed E-state index contributed by atoms with van der Waals surface area (Å²) >= 11 is 0. The number of benzene rings is 9. The van der Waals surface area contributed by atoms with Crippen LogP contribution in [-0.4, -0.2) is 12.6 Å². The Labute approximate surface area is 394 Å². The summed E-state index contributed by atoms with van der Waals surface area (Å²) < 4.78 is 2.54. The van der Waals surface area contributed by atoms with Crippen molar-refractivity contribution in [3.05, 3.63) is 242 Å². The Morgan fingerprint density at radius 2 is 0.776 bits per heavy atom. The molecule has 15 rings (SSSR count). The monoisotopic (exact) mass is 876 g/mol. The molecule has 1 aliphatic heterocycles. The van der Waals surface area contributed by atoms with Crippen LogP contribution in [0.2, 0.25) is 0 Å². The van der Waals surface area contributed by atoms with Crippen LogP contribution in [0.25, 0.3) is 38.6 Å². The average Bonchev–Trinajstić information content (AvgIpc) is 3.72. The first kappa shape index (κ1) is 39.0. The maximum atomic E-state index is 2.63. The van der Waals surface area contributed by atoms with Crippen molar-refractivity contribution in [2.24, 2.45) is 23.7 Å². The van der Waals surface area contributed by atoms with E-state index in [1.54, 1.807) is 11.1 Å². The Hall–Kier alpha value is -7.20. The van der Waals surface area contributed by atoms with E-state index in [-0.39, 0.29) is 5.41 Å². The quantitative estimate of drug-likeness (QED) is 0.114. The van der Waals surface area contributed by atoms with Gasteiger partial charge in [0.1, 0.15) is 0 Å². The van der Waals surface area contributed by atoms with Gasteiger partial charge in [-0.25, -0.2) is 0 Å². The van der Waals surface area contributed by atoms with Crippen molar-refractivity contribution in [2.75, 3.05) is 4.90 Å². The van der Waals surface area contributed by atoms with Crippen molar-refractivity contribution in [1.82, 2.24) is 4.57 Å². The highest BCUT2D eigenvalue weighted by Gasteiger charge is 2.61. The highest BCUT2D eigenvalue weighted by Crippen LogP contribution is 2.69. The molecule has 2 nitrogen and oxygen atoms in total. The third kappa shape index (κ3) is 5.55. The molecule has 0 amide bonds. The minimum absolute atomic E-state index is 0.0633. The maximum absolute atomic E-state index is 2.76. The van der Waals surface area contributed by atoms with Crippen LogP contribution in [0.4, 0.5) is 17.1 Å². The van der Waals surface area contributed by atoms with Gasteiger partial charge in [-0.1, -0.05) is 194 Å². The van der Waals surface area contributed by atoms with E-state index >= 15 is 0 Å². The molecule has 67 heavy (non-hydrogen) atoms. The maximum Gasteiger partial charge on any atom is 0.179 e. The Bertz CT molecular complexity index is 3320. The van der Waals surface area contributed by atoms with Crippen molar-refractivity contribution in [3.8, 4) is 16.8 Å². The molecule has 2 heterocycles. The van der Waals surface area contributed by atoms with Crippen molar-refractivity contribution in [2.45, 2.75) is 37.5 Å². The topological polar surface area (TPSA) is 8.17 Å². The Kier molecular flexibility index (Phi) is 8.83. The van der Waals surface area contributed by atoms with E-state index < -0.39 is 8.07 Å². The van der Waals surface area contributed by atoms with Gasteiger partial charge in [0.2, 0.25) is 0 Å². The second-order valence-corrected chi connectivity index (χ2v) is 23.8. The lowest BCUT2D eigenvalue weighted by atomic mass is 9.41. The molecule has 10 aromatic rings. The predicted octanol–water partition coefficient (Wildman–Crippen LogP) is 13.4. The van der Waals surface area contributed by atoms with Gasteiger partial charge in [0.05, 0.1) is 33.8 Å². The molecule has 4 aliphatic carbocycles. The lowest BCUT2D eigenvalue weighted by molar-refractivity contribution is -0.0419. The molecular formula is C64H52N2Si. The molecule has 5 aliphatic rings. The van der Waals surface area contributed by atoms with Crippen LogP contribution < -0.4 is 25.6 Å². The Morgan fingerprint density at radius 3 is 1.34 bits per heavy atom. The van der Waals surface area contributed by atoms with Gasteiger partial charge >= 0.3 is 0 Å². The Balaban J connectivity index is 0.975. The van der Waals surface area contributed by atoms with Gasteiger partial charge in [0, 0.05) is 27.3 Å². The fourth-order valence-corrected chi connectivity index (χ4v) is 19.5. The van der Waals surface area contributed by atoms with Gasteiger partial charge in [-0.15, -0.1) is 0 Å². The van der Waals surface area contributed by atoms with Crippen molar-refractivity contribution in [3.63, 3.8) is 0 Å². The van der Waals surface area contributed by atoms with Crippen LogP contribution in [0.3, 0.4) is 0 Å². The molecule has 322 valence electrons. The molecule has 4 fully saturated rings. The molecule has 0 N–H and O–H groups in total. The molecule has 1 aromatic heterocycles. The van der Waals surface area contributed by atoms with E-state index in [0.717, 1.165) is 11.8 Å². The zero-order chi connectivity index (χ0) is 44.1. The first-order chi connectivity index (χ1) is 33.2. The zero-order valence-corrected chi connectivity index (χ0v) is 38.7. The minimum Gasteiger partial charge on any atom is -0.309 e. The summed E-state index contributed by atoms with van der Waals surface area (Å²) in [6.07, 6.45) is 6.93. The van der Waals surface area contributed by atoms with Gasteiger partial charge in [-0.05, 0) is 124 Å². The fraction of sp³-hybridized carbons (Fsp3) is 0.156. The molecule has 1 spiro atoms. The van der Waals surface area contributed by atoms with Gasteiger partial charge in [-0.2, -0.15) is 0 Å². The number of aromatic nitrogens is 1. The van der Waals surface area contributed by atoms with Crippen LogP contribution in [0, 0.1) is 23.7 Å². The van der Waals surface area contributed by atoms with Crippen LogP contribution >= 0.6 is 0 Å². The molecule has 4 bridgehead atoms. The molecule has 4 saturated carbocycles. The average molecular weight is 877 g/mol. The van der Waals surface area contributed by atoms with E-state index in [9.17, 15) is 0 Å². The summed E-state index contributed by atoms with van der Waals surface area (Å²) in [6.45, 7) is 0. The summed E-state index contributed by atoms with van der Waals surface area (Å²) in [5, 5.41) is 8.06. The van der Waals surface area contributed by atoms with Crippen molar-refractivity contribution in [1.29, 1.82) is 0 Å². The summed E-state index contributed by atoms with van der Waals surface area (Å²) in [7, 11) is -2.76. The number of hydrogen-bond acceptors (Lipinski definition) is 1. The molecule has 9 aromatic carbocycles. The Morgan fingerprint density at radius 1 is 0.343 bits per heavy atom. The van der Waals surface area contributed by atoms with Crippen LogP contribution in [-0.2, 0) is 5.41 Å². The summed E-state index contributed by atoms with van der Waals surface area (Å²) in [5.41, 5.74) is 13.1. The van der Waals surface area contributed by atoms with Gasteiger partial charge in [0.25, 0.3) is 0 Å². The molecule has 0 radical (unpaired) electrons. The smallest absolute Gasteiger partial charge is 0.179 e. The van der Waals surface area contributed by atoms with Crippen molar-refractivity contribution < 1.29 is 0 Å². The second-order valence-electron chi connectivity index (χ2n) is 20.0. The third-order valence-corrected chi connectivity index (χ3v) is 21.7. The third-order valence-electron chi connectivity index (χ3n) is 16.9. The van der Waals surface area contributed by atoms with E-state index in [4.69, 9.17) is 0 Å². The van der Waals surface area contributed by atoms with Gasteiger partial charge < -0.3 is 9.47 Å². The predicted molar refractivity (Wildman–Crippen MR) is 282 cm³/mol. The second kappa shape index (κ2) is 15.2. The number of hydrogen-bond donors (Lipinski definition) is 0. The lowest BCUT2D eigenvalue weighted by Crippen LogP contribution is -2.74. The number of para-hydroxylation sites is 5. The lowest BCUT2D eigenvalue weighted by Gasteiger charge is -2.64. The summed E-state index contributed by atoms with van der Waals surface area (Å²) in [6, 6.07) is 87.7. The molecule has 0 saturated heterocycles. The normalized spacial score (nSPS) is 20.0. The molecule has 0 atom stereocenters. The number of fused-ring (bicyclic) bond motifs is 5. The van der Waals surface area contributed by atoms with Crippen LogP contribution in [0.1, 0.15) is 43.2 Å². The summed E-state index contributed by atoms with van der Waals surface area (Å²) in [4.78, 5) is 2.63. The first-order valence-electron chi connectivity index (χ1n) is 24.6. The largest absolute Gasteiger partial charge is 0.309 e. The van der Waals surface area contributed by atoms with Crippen LogP contribution in [0.15, 0.2) is 231 Å². The molecule has 0 unspecified atom stereocenters. The highest BCUT2D eigenvalue weighted by molar-refractivity contribution is 7.20. The SMILES string of the molecule is c1ccc([Si](c2ccccc2)(c2ccccc2)c2ccc3c(c2)c2ccccc2n3-c2ccccc2-c2ccccc2N2c3ccccc3C3(c4ccccc42)C2CC4CC(C2)CC3C4)cc1. The standard InChI is InChI=1S/C64H52N2Si/c1-4-20-48(21-5-1)67(49-22-6-2-7-23-49,50-24-8-3-9-25-50)51-36-37-61-55(43-51)54-28-12-17-33-60(54)65(61)58-31-15-10-26-52(58)53-27-11-16-32-59(53)66-62-34-18-13-29-56(62)64(57-30-14-19-35-63(57)66)46-39-44-38-45(41-46)42-47(64)40-44/h1-37,43-47H,38-42H2. The van der Waals surface area contributed by atoms with Crippen LogP contribution in [0.5, 0.6) is 0 Å². The zero-order valence-electron chi connectivity index (χ0n) is 37.7. The van der Waals surface area contributed by atoms with E-state index in [0.29, 0.717) is 11.8 Å². The summed E-state index contributed by atoms with van der Waals surface area (Å²) in [5.74, 6) is 3.19.